The summed E-state index contributed by atoms with van der Waals surface area (Å²) in [5, 5.41) is 3.42. The van der Waals surface area contributed by atoms with E-state index in [4.69, 9.17) is 9.47 Å². The van der Waals surface area contributed by atoms with Crippen molar-refractivity contribution in [2.24, 2.45) is 5.92 Å². The van der Waals surface area contributed by atoms with Crippen LogP contribution >= 0.6 is 0 Å². The average Bonchev–Trinajstić information content (AvgIpc) is 2.53. The summed E-state index contributed by atoms with van der Waals surface area (Å²) < 4.78 is 11.3. The van der Waals surface area contributed by atoms with Gasteiger partial charge in [-0.3, -0.25) is 0 Å². The number of hydrogen-bond acceptors (Lipinski definition) is 3. The molecule has 23 heavy (non-hydrogen) atoms. The first-order valence-corrected chi connectivity index (χ1v) is 8.25. The predicted octanol–water partition coefficient (Wildman–Crippen LogP) is 5.12. The summed E-state index contributed by atoms with van der Waals surface area (Å²) in [6, 6.07) is 16.3. The first-order valence-electron chi connectivity index (χ1n) is 8.25. The largest absolute Gasteiger partial charge is 0.493 e. The number of benzene rings is 2. The van der Waals surface area contributed by atoms with Crippen molar-refractivity contribution in [3.8, 4) is 11.5 Å². The van der Waals surface area contributed by atoms with Crippen molar-refractivity contribution < 1.29 is 9.47 Å². The van der Waals surface area contributed by atoms with Crippen LogP contribution in [0.1, 0.15) is 33.3 Å². The zero-order valence-electron chi connectivity index (χ0n) is 14.5. The van der Waals surface area contributed by atoms with Crippen molar-refractivity contribution in [1.29, 1.82) is 0 Å². The van der Waals surface area contributed by atoms with Crippen LogP contribution in [0.2, 0.25) is 0 Å². The van der Waals surface area contributed by atoms with Crippen LogP contribution in [-0.2, 0) is 6.54 Å². The van der Waals surface area contributed by atoms with Crippen molar-refractivity contribution in [2.45, 2.75) is 40.3 Å². The van der Waals surface area contributed by atoms with Gasteiger partial charge in [0.2, 0.25) is 0 Å². The third-order valence-electron chi connectivity index (χ3n) is 3.23. The lowest BCUT2D eigenvalue weighted by Crippen LogP contribution is -2.06. The summed E-state index contributed by atoms with van der Waals surface area (Å²) in [6.07, 6.45) is 0.204. The van der Waals surface area contributed by atoms with Crippen molar-refractivity contribution in [2.75, 3.05) is 11.9 Å². The highest BCUT2D eigenvalue weighted by Gasteiger charge is 2.00. The van der Waals surface area contributed by atoms with Crippen molar-refractivity contribution in [3.63, 3.8) is 0 Å². The molecule has 1 N–H and O–H groups in total. The molecule has 0 spiro atoms. The van der Waals surface area contributed by atoms with E-state index in [1.54, 1.807) is 0 Å². The molecule has 2 aromatic carbocycles. The molecule has 0 saturated carbocycles. The van der Waals surface area contributed by atoms with Gasteiger partial charge in [-0.1, -0.05) is 26.0 Å². The minimum absolute atomic E-state index is 0.204. The maximum absolute atomic E-state index is 5.69. The van der Waals surface area contributed by atoms with Gasteiger partial charge in [0.25, 0.3) is 0 Å². The maximum atomic E-state index is 5.69. The molecule has 0 radical (unpaired) electrons. The van der Waals surface area contributed by atoms with Crippen LogP contribution in [-0.4, -0.2) is 12.7 Å². The molecule has 0 fully saturated rings. The van der Waals surface area contributed by atoms with Crippen LogP contribution in [0.4, 0.5) is 5.69 Å². The van der Waals surface area contributed by atoms with Gasteiger partial charge in [0, 0.05) is 12.2 Å². The monoisotopic (exact) mass is 313 g/mol. The Morgan fingerprint density at radius 2 is 1.43 bits per heavy atom. The zero-order valence-corrected chi connectivity index (χ0v) is 14.5. The van der Waals surface area contributed by atoms with Gasteiger partial charge in [0.1, 0.15) is 11.5 Å². The fourth-order valence-corrected chi connectivity index (χ4v) is 2.09. The highest BCUT2D eigenvalue weighted by Crippen LogP contribution is 2.18. The smallest absolute Gasteiger partial charge is 0.119 e. The Bertz CT molecular complexity index is 574. The van der Waals surface area contributed by atoms with Crippen LogP contribution in [0.25, 0.3) is 0 Å². The Hall–Kier alpha value is -2.16. The quantitative estimate of drug-likeness (QED) is 0.733. The number of ether oxygens (including phenoxy) is 2. The minimum Gasteiger partial charge on any atom is -0.493 e. The van der Waals surface area contributed by atoms with E-state index in [0.29, 0.717) is 5.92 Å². The van der Waals surface area contributed by atoms with Crippen molar-refractivity contribution in [1.82, 2.24) is 0 Å². The molecule has 0 aliphatic carbocycles. The molecule has 0 saturated heterocycles. The van der Waals surface area contributed by atoms with Gasteiger partial charge in [0.15, 0.2) is 0 Å². The first-order chi connectivity index (χ1) is 11.0. The second kappa shape index (κ2) is 8.47. The summed E-state index contributed by atoms with van der Waals surface area (Å²) in [7, 11) is 0. The van der Waals surface area contributed by atoms with Crippen LogP contribution in [0.3, 0.4) is 0 Å². The molecule has 2 rings (SSSR count). The van der Waals surface area contributed by atoms with Gasteiger partial charge in [-0.25, -0.2) is 0 Å². The second-order valence-electron chi connectivity index (χ2n) is 6.39. The topological polar surface area (TPSA) is 30.5 Å². The average molecular weight is 313 g/mol. The SMILES string of the molecule is CC(C)COc1ccc(NCc2ccc(OC(C)C)cc2)cc1. The van der Waals surface area contributed by atoms with Crippen LogP contribution in [0.15, 0.2) is 48.5 Å². The fraction of sp³-hybridized carbons (Fsp3) is 0.400. The molecule has 0 unspecified atom stereocenters. The van der Waals surface area contributed by atoms with E-state index >= 15 is 0 Å². The molecule has 0 bridgehead atoms. The van der Waals surface area contributed by atoms with E-state index in [9.17, 15) is 0 Å². The van der Waals surface area contributed by atoms with Gasteiger partial charge >= 0.3 is 0 Å². The van der Waals surface area contributed by atoms with Crippen LogP contribution < -0.4 is 14.8 Å². The lowest BCUT2D eigenvalue weighted by atomic mass is 10.2. The molecule has 0 aromatic heterocycles. The van der Waals surface area contributed by atoms with Crippen molar-refractivity contribution in [3.05, 3.63) is 54.1 Å². The van der Waals surface area contributed by atoms with Gasteiger partial charge in [-0.15, -0.1) is 0 Å². The zero-order chi connectivity index (χ0) is 16.7. The maximum Gasteiger partial charge on any atom is 0.119 e. The van der Waals surface area contributed by atoms with E-state index < -0.39 is 0 Å². The highest BCUT2D eigenvalue weighted by molar-refractivity contribution is 5.47. The highest BCUT2D eigenvalue weighted by atomic mass is 16.5. The standard InChI is InChI=1S/C20H27NO2/c1-15(2)14-22-19-11-7-18(8-12-19)21-13-17-5-9-20(10-6-17)23-16(3)4/h5-12,15-16,21H,13-14H2,1-4H3. The van der Waals surface area contributed by atoms with Crippen LogP contribution in [0.5, 0.6) is 11.5 Å². The van der Waals surface area contributed by atoms with E-state index in [1.165, 1.54) is 5.56 Å². The Morgan fingerprint density at radius 1 is 0.826 bits per heavy atom. The summed E-state index contributed by atoms with van der Waals surface area (Å²) in [5.41, 5.74) is 2.31. The number of hydrogen-bond donors (Lipinski definition) is 1. The third kappa shape index (κ3) is 6.23. The molecule has 3 heteroatoms. The van der Waals surface area contributed by atoms with E-state index in [2.05, 4.69) is 31.3 Å². The fourth-order valence-electron chi connectivity index (χ4n) is 2.09. The van der Waals surface area contributed by atoms with E-state index in [0.717, 1.165) is 30.3 Å². The van der Waals surface area contributed by atoms with Crippen LogP contribution in [0, 0.1) is 5.92 Å². The molecule has 0 heterocycles. The number of rotatable bonds is 8. The van der Waals surface area contributed by atoms with Gasteiger partial charge in [-0.2, -0.15) is 0 Å². The molecule has 3 nitrogen and oxygen atoms in total. The lowest BCUT2D eigenvalue weighted by Gasteiger charge is -2.12. The van der Waals surface area contributed by atoms with E-state index in [-0.39, 0.29) is 6.10 Å². The summed E-state index contributed by atoms with van der Waals surface area (Å²) in [6.45, 7) is 9.89. The number of nitrogens with one attached hydrogen (secondary N) is 1. The molecule has 0 atom stereocenters. The minimum atomic E-state index is 0.204. The first kappa shape index (κ1) is 17.2. The molecule has 0 amide bonds. The van der Waals surface area contributed by atoms with Gasteiger partial charge < -0.3 is 14.8 Å². The van der Waals surface area contributed by atoms with Crippen molar-refractivity contribution >= 4 is 5.69 Å². The molecule has 0 aliphatic rings. The third-order valence-corrected chi connectivity index (χ3v) is 3.23. The molecular weight excluding hydrogens is 286 g/mol. The Kier molecular flexibility index (Phi) is 6.33. The Balaban J connectivity index is 1.83. The van der Waals surface area contributed by atoms with E-state index in [1.807, 2.05) is 50.2 Å². The lowest BCUT2D eigenvalue weighted by molar-refractivity contribution is 0.242. The number of anilines is 1. The molecule has 124 valence electrons. The van der Waals surface area contributed by atoms with Gasteiger partial charge in [0.05, 0.1) is 12.7 Å². The Morgan fingerprint density at radius 3 is 2.00 bits per heavy atom. The predicted molar refractivity (Wildman–Crippen MR) is 96.3 cm³/mol. The second-order valence-corrected chi connectivity index (χ2v) is 6.39. The molecule has 2 aromatic rings. The Labute approximate surface area is 139 Å². The summed E-state index contributed by atoms with van der Waals surface area (Å²) >= 11 is 0. The molecule has 0 aliphatic heterocycles. The normalized spacial score (nSPS) is 10.9. The summed E-state index contributed by atoms with van der Waals surface area (Å²) in [4.78, 5) is 0. The molecular formula is C20H27NO2. The van der Waals surface area contributed by atoms with Gasteiger partial charge in [-0.05, 0) is 61.7 Å². The summed E-state index contributed by atoms with van der Waals surface area (Å²) in [5.74, 6) is 2.37.